The van der Waals surface area contributed by atoms with Gasteiger partial charge in [-0.1, -0.05) is 31.0 Å². The molecule has 0 aliphatic rings. The molecule has 0 aliphatic carbocycles. The first-order valence-corrected chi connectivity index (χ1v) is 10.3. The molecule has 1 aromatic heterocycles. The van der Waals surface area contributed by atoms with Crippen molar-refractivity contribution in [2.24, 2.45) is 0 Å². The summed E-state index contributed by atoms with van der Waals surface area (Å²) in [6, 6.07) is 13.4. The lowest BCUT2D eigenvalue weighted by atomic mass is 10.0. The summed E-state index contributed by atoms with van der Waals surface area (Å²) in [5.41, 5.74) is 4.25. The Morgan fingerprint density at radius 2 is 1.83 bits per heavy atom. The molecule has 0 aliphatic heterocycles. The van der Waals surface area contributed by atoms with Crippen molar-refractivity contribution in [1.82, 2.24) is 15.4 Å². The first kappa shape index (κ1) is 23.5. The van der Waals surface area contributed by atoms with Gasteiger partial charge in [0.1, 0.15) is 0 Å². The predicted molar refractivity (Wildman–Crippen MR) is 114 cm³/mol. The molecule has 0 spiro atoms. The van der Waals surface area contributed by atoms with Crippen LogP contribution in [0.1, 0.15) is 59.8 Å². The van der Waals surface area contributed by atoms with Crippen LogP contribution in [0.4, 0.5) is 0 Å². The number of unbranched alkanes of at least 4 members (excludes halogenated alkanes) is 3. The molecule has 0 saturated carbocycles. The number of carbonyl (C=O) groups excluding carboxylic acids is 2. The number of nitrogens with zero attached hydrogens (tertiary/aromatic N) is 2. The van der Waals surface area contributed by atoms with Gasteiger partial charge in [0.15, 0.2) is 0 Å². The Hall–Kier alpha value is -2.77. The Bertz CT molecular complexity index is 781. The van der Waals surface area contributed by atoms with Gasteiger partial charge >= 0.3 is 0 Å². The summed E-state index contributed by atoms with van der Waals surface area (Å²) in [7, 11) is 3.48. The minimum absolute atomic E-state index is 0.0140. The summed E-state index contributed by atoms with van der Waals surface area (Å²) in [5, 5.41) is 8.45. The molecule has 7 heteroatoms. The third kappa shape index (κ3) is 7.57. The van der Waals surface area contributed by atoms with Crippen molar-refractivity contribution in [3.8, 4) is 0 Å². The zero-order valence-electron chi connectivity index (χ0n) is 17.7. The first-order chi connectivity index (χ1) is 14.5. The molecule has 0 bridgehead atoms. The maximum Gasteiger partial charge on any atom is 0.253 e. The Labute approximate surface area is 178 Å². The standard InChI is InChI=1S/C23H31N3O4/c1-26(16-8-4-3-5-10-22(27)25-29)23(28)19-13-11-18(12-14-19)21(30-2)17-20-9-6-7-15-24-20/h6-7,9,11-15,21,29H,3-5,8,10,16-17H2,1-2H3,(H,25,27). The van der Waals surface area contributed by atoms with Crippen LogP contribution in [0.3, 0.4) is 0 Å². The largest absolute Gasteiger partial charge is 0.376 e. The number of nitrogens with one attached hydrogen (secondary N) is 1. The van der Waals surface area contributed by atoms with Crippen LogP contribution in [0.25, 0.3) is 0 Å². The Morgan fingerprint density at radius 3 is 2.47 bits per heavy atom. The van der Waals surface area contributed by atoms with Crippen LogP contribution in [0, 0.1) is 0 Å². The summed E-state index contributed by atoms with van der Waals surface area (Å²) in [6.45, 7) is 0.660. The lowest BCUT2D eigenvalue weighted by molar-refractivity contribution is -0.129. The Morgan fingerprint density at radius 1 is 1.10 bits per heavy atom. The first-order valence-electron chi connectivity index (χ1n) is 10.3. The van der Waals surface area contributed by atoms with E-state index in [1.54, 1.807) is 30.7 Å². The summed E-state index contributed by atoms with van der Waals surface area (Å²) in [5.74, 6) is -0.374. The molecule has 7 nitrogen and oxygen atoms in total. The van der Waals surface area contributed by atoms with E-state index in [0.717, 1.165) is 36.9 Å². The molecule has 1 heterocycles. The SMILES string of the molecule is COC(Cc1ccccn1)c1ccc(C(=O)N(C)CCCCCCC(=O)NO)cc1. The fourth-order valence-corrected chi connectivity index (χ4v) is 3.25. The number of aromatic nitrogens is 1. The van der Waals surface area contributed by atoms with Gasteiger partial charge in [-0.2, -0.15) is 0 Å². The summed E-state index contributed by atoms with van der Waals surface area (Å²) < 4.78 is 5.62. The van der Waals surface area contributed by atoms with Crippen molar-refractivity contribution < 1.29 is 19.5 Å². The minimum atomic E-state index is -0.360. The van der Waals surface area contributed by atoms with Crippen molar-refractivity contribution in [2.45, 2.75) is 44.6 Å². The van der Waals surface area contributed by atoms with Gasteiger partial charge in [0.25, 0.3) is 5.91 Å². The topological polar surface area (TPSA) is 91.8 Å². The van der Waals surface area contributed by atoms with Crippen LogP contribution in [0.15, 0.2) is 48.7 Å². The summed E-state index contributed by atoms with van der Waals surface area (Å²) in [6.07, 6.45) is 6.06. The van der Waals surface area contributed by atoms with E-state index in [0.29, 0.717) is 24.9 Å². The fourth-order valence-electron chi connectivity index (χ4n) is 3.25. The highest BCUT2D eigenvalue weighted by Gasteiger charge is 2.15. The molecule has 2 rings (SSSR count). The molecule has 1 atom stereocenters. The van der Waals surface area contributed by atoms with Crippen molar-refractivity contribution in [1.29, 1.82) is 0 Å². The van der Waals surface area contributed by atoms with E-state index in [1.807, 2.05) is 42.5 Å². The number of hydrogen-bond donors (Lipinski definition) is 2. The number of rotatable bonds is 12. The van der Waals surface area contributed by atoms with Crippen molar-refractivity contribution in [2.75, 3.05) is 20.7 Å². The molecular weight excluding hydrogens is 382 g/mol. The second-order valence-electron chi connectivity index (χ2n) is 7.30. The number of amides is 2. The maximum atomic E-state index is 12.6. The van der Waals surface area contributed by atoms with Crippen LogP contribution in [-0.2, 0) is 16.0 Å². The predicted octanol–water partition coefficient (Wildman–Crippen LogP) is 3.54. The minimum Gasteiger partial charge on any atom is -0.376 e. The fraction of sp³-hybridized carbons (Fsp3) is 0.435. The van der Waals surface area contributed by atoms with E-state index < -0.39 is 0 Å². The summed E-state index contributed by atoms with van der Waals surface area (Å²) in [4.78, 5) is 29.7. The van der Waals surface area contributed by atoms with Crippen LogP contribution in [0.5, 0.6) is 0 Å². The number of hydroxylamine groups is 1. The summed E-state index contributed by atoms with van der Waals surface area (Å²) >= 11 is 0. The van der Waals surface area contributed by atoms with Gasteiger partial charge in [0.2, 0.25) is 5.91 Å². The van der Waals surface area contributed by atoms with Gasteiger partial charge in [0.05, 0.1) is 6.10 Å². The normalized spacial score (nSPS) is 11.7. The average Bonchev–Trinajstić information content (AvgIpc) is 2.79. The van der Waals surface area contributed by atoms with Crippen molar-refractivity contribution in [3.05, 3.63) is 65.5 Å². The highest BCUT2D eigenvalue weighted by molar-refractivity contribution is 5.94. The second-order valence-corrected chi connectivity index (χ2v) is 7.30. The molecule has 30 heavy (non-hydrogen) atoms. The molecule has 1 unspecified atom stereocenters. The Kier molecular flexibility index (Phi) is 9.97. The van der Waals surface area contributed by atoms with Gasteiger partial charge < -0.3 is 9.64 Å². The quantitative estimate of drug-likeness (QED) is 0.315. The number of ether oxygens (including phenoxy) is 1. The van der Waals surface area contributed by atoms with Crippen molar-refractivity contribution in [3.63, 3.8) is 0 Å². The lowest BCUT2D eigenvalue weighted by Gasteiger charge is -2.19. The maximum absolute atomic E-state index is 12.6. The Balaban J connectivity index is 1.81. The van der Waals surface area contributed by atoms with E-state index in [2.05, 4.69) is 4.98 Å². The molecule has 162 valence electrons. The molecule has 0 radical (unpaired) electrons. The molecular formula is C23H31N3O4. The van der Waals surface area contributed by atoms with E-state index in [1.165, 1.54) is 0 Å². The smallest absolute Gasteiger partial charge is 0.253 e. The van der Waals surface area contributed by atoms with E-state index >= 15 is 0 Å². The van der Waals surface area contributed by atoms with Gasteiger partial charge in [-0.25, -0.2) is 5.48 Å². The van der Waals surface area contributed by atoms with Crippen LogP contribution in [-0.4, -0.2) is 47.6 Å². The van der Waals surface area contributed by atoms with E-state index in [-0.39, 0.29) is 17.9 Å². The molecule has 1 aromatic carbocycles. The number of pyridine rings is 1. The zero-order chi connectivity index (χ0) is 21.8. The number of benzene rings is 1. The highest BCUT2D eigenvalue weighted by Crippen LogP contribution is 2.21. The number of methoxy groups -OCH3 is 1. The third-order valence-electron chi connectivity index (χ3n) is 5.05. The molecule has 2 amide bonds. The van der Waals surface area contributed by atoms with E-state index in [4.69, 9.17) is 9.94 Å². The molecule has 0 fully saturated rings. The monoisotopic (exact) mass is 413 g/mol. The van der Waals surface area contributed by atoms with Gasteiger partial charge in [0, 0.05) is 51.0 Å². The highest BCUT2D eigenvalue weighted by atomic mass is 16.5. The molecule has 2 aromatic rings. The van der Waals surface area contributed by atoms with Crippen molar-refractivity contribution >= 4 is 11.8 Å². The molecule has 0 saturated heterocycles. The number of carbonyl (C=O) groups is 2. The molecule has 2 N–H and O–H groups in total. The lowest BCUT2D eigenvalue weighted by Crippen LogP contribution is -2.27. The van der Waals surface area contributed by atoms with Crippen LogP contribution in [0.2, 0.25) is 0 Å². The van der Waals surface area contributed by atoms with Gasteiger partial charge in [-0.15, -0.1) is 0 Å². The zero-order valence-corrected chi connectivity index (χ0v) is 17.7. The number of hydrogen-bond acceptors (Lipinski definition) is 5. The average molecular weight is 414 g/mol. The van der Waals surface area contributed by atoms with Gasteiger partial charge in [-0.05, 0) is 42.7 Å². The van der Waals surface area contributed by atoms with Crippen LogP contribution < -0.4 is 5.48 Å². The third-order valence-corrected chi connectivity index (χ3v) is 5.05. The van der Waals surface area contributed by atoms with Crippen LogP contribution >= 0.6 is 0 Å². The van der Waals surface area contributed by atoms with Gasteiger partial charge in [-0.3, -0.25) is 19.8 Å². The second kappa shape index (κ2) is 12.7. The van der Waals surface area contributed by atoms with E-state index in [9.17, 15) is 9.59 Å².